The third kappa shape index (κ3) is 1.40. The molecule has 15 heavy (non-hydrogen) atoms. The van der Waals surface area contributed by atoms with Gasteiger partial charge in [0, 0.05) is 0 Å². The standard InChI is InChI=1S/C11H10N4/c1-8-11(13)10(7-12)14-15(8)9-5-3-2-4-6-9/h2-6,14H,1,13H2. The maximum atomic E-state index is 8.80. The number of nitriles is 1. The number of para-hydroxylation sites is 1. The normalized spacial score (nSPS) is 15.1. The fourth-order valence-corrected chi connectivity index (χ4v) is 1.39. The summed E-state index contributed by atoms with van der Waals surface area (Å²) in [5.74, 6) is 0. The van der Waals surface area contributed by atoms with E-state index in [-0.39, 0.29) is 0 Å². The highest BCUT2D eigenvalue weighted by Crippen LogP contribution is 2.24. The molecule has 3 N–H and O–H groups in total. The number of allylic oxidation sites excluding steroid dienone is 1. The largest absolute Gasteiger partial charge is 0.395 e. The Hall–Kier alpha value is -2.41. The average Bonchev–Trinajstić information content (AvgIpc) is 2.57. The van der Waals surface area contributed by atoms with Crippen molar-refractivity contribution in [3.8, 4) is 6.07 Å². The molecular formula is C11H10N4. The summed E-state index contributed by atoms with van der Waals surface area (Å²) in [5, 5.41) is 10.5. The van der Waals surface area contributed by atoms with E-state index in [0.717, 1.165) is 5.69 Å². The minimum absolute atomic E-state index is 0.337. The van der Waals surface area contributed by atoms with Crippen LogP contribution in [0.15, 0.2) is 54.0 Å². The van der Waals surface area contributed by atoms with Crippen molar-refractivity contribution in [1.82, 2.24) is 5.43 Å². The predicted molar refractivity (Wildman–Crippen MR) is 58.0 cm³/mol. The Morgan fingerprint density at radius 1 is 1.33 bits per heavy atom. The van der Waals surface area contributed by atoms with Crippen molar-refractivity contribution >= 4 is 5.69 Å². The molecule has 2 rings (SSSR count). The Balaban J connectivity index is 2.33. The third-order valence-corrected chi connectivity index (χ3v) is 2.20. The molecule has 1 aliphatic rings. The van der Waals surface area contributed by atoms with Crippen LogP contribution in [0.3, 0.4) is 0 Å². The summed E-state index contributed by atoms with van der Waals surface area (Å²) >= 11 is 0. The summed E-state index contributed by atoms with van der Waals surface area (Å²) in [7, 11) is 0. The smallest absolute Gasteiger partial charge is 0.158 e. The number of rotatable bonds is 1. The molecule has 1 heterocycles. The molecule has 1 aromatic carbocycles. The van der Waals surface area contributed by atoms with Gasteiger partial charge in [-0.25, -0.2) is 0 Å². The van der Waals surface area contributed by atoms with E-state index in [2.05, 4.69) is 12.0 Å². The van der Waals surface area contributed by atoms with Gasteiger partial charge in [0.05, 0.1) is 17.1 Å². The molecule has 0 aliphatic carbocycles. The molecule has 4 nitrogen and oxygen atoms in total. The van der Waals surface area contributed by atoms with Crippen LogP contribution < -0.4 is 16.2 Å². The first-order chi connectivity index (χ1) is 7.24. The minimum atomic E-state index is 0.337. The summed E-state index contributed by atoms with van der Waals surface area (Å²) in [4.78, 5) is 0. The number of nitrogens with zero attached hydrogens (tertiary/aromatic N) is 2. The first-order valence-electron chi connectivity index (χ1n) is 4.45. The lowest BCUT2D eigenvalue weighted by Crippen LogP contribution is -2.30. The van der Waals surface area contributed by atoms with Gasteiger partial charge in [-0.1, -0.05) is 24.8 Å². The zero-order valence-corrected chi connectivity index (χ0v) is 8.07. The van der Waals surface area contributed by atoms with Crippen LogP contribution in [0.4, 0.5) is 5.69 Å². The third-order valence-electron chi connectivity index (χ3n) is 2.20. The van der Waals surface area contributed by atoms with Gasteiger partial charge < -0.3 is 5.73 Å². The monoisotopic (exact) mass is 198 g/mol. The van der Waals surface area contributed by atoms with Crippen molar-refractivity contribution in [2.45, 2.75) is 0 Å². The van der Waals surface area contributed by atoms with E-state index in [0.29, 0.717) is 17.1 Å². The predicted octanol–water partition coefficient (Wildman–Crippen LogP) is 1.22. The van der Waals surface area contributed by atoms with Gasteiger partial charge in [-0.15, -0.1) is 0 Å². The number of hydrazine groups is 1. The highest BCUT2D eigenvalue weighted by atomic mass is 15.5. The summed E-state index contributed by atoms with van der Waals surface area (Å²) in [5.41, 5.74) is 10.8. The molecule has 0 bridgehead atoms. The van der Waals surface area contributed by atoms with Crippen molar-refractivity contribution in [3.63, 3.8) is 0 Å². The molecule has 0 saturated carbocycles. The molecular weight excluding hydrogens is 188 g/mol. The lowest BCUT2D eigenvalue weighted by Gasteiger charge is -2.19. The van der Waals surface area contributed by atoms with E-state index in [4.69, 9.17) is 11.0 Å². The molecule has 1 aliphatic heterocycles. The zero-order valence-electron chi connectivity index (χ0n) is 8.07. The zero-order chi connectivity index (χ0) is 10.8. The van der Waals surface area contributed by atoms with Crippen LogP contribution in [-0.4, -0.2) is 0 Å². The molecule has 0 fully saturated rings. The van der Waals surface area contributed by atoms with Crippen LogP contribution in [-0.2, 0) is 0 Å². The maximum absolute atomic E-state index is 8.80. The van der Waals surface area contributed by atoms with Crippen molar-refractivity contribution in [2.75, 3.05) is 5.01 Å². The summed E-state index contributed by atoms with van der Waals surface area (Å²) in [6.45, 7) is 3.82. The fraction of sp³-hybridized carbons (Fsp3) is 0. The average molecular weight is 198 g/mol. The lowest BCUT2D eigenvalue weighted by molar-refractivity contribution is 0.867. The topological polar surface area (TPSA) is 65.1 Å². The maximum Gasteiger partial charge on any atom is 0.158 e. The molecule has 0 aromatic heterocycles. The van der Waals surface area contributed by atoms with Crippen molar-refractivity contribution in [1.29, 1.82) is 5.26 Å². The molecule has 0 spiro atoms. The van der Waals surface area contributed by atoms with E-state index in [9.17, 15) is 0 Å². The van der Waals surface area contributed by atoms with Crippen molar-refractivity contribution in [3.05, 3.63) is 54.0 Å². The van der Waals surface area contributed by atoms with E-state index >= 15 is 0 Å². The van der Waals surface area contributed by atoms with Crippen LogP contribution in [0, 0.1) is 11.3 Å². The summed E-state index contributed by atoms with van der Waals surface area (Å²) in [6.07, 6.45) is 0. The van der Waals surface area contributed by atoms with E-state index in [1.165, 1.54) is 0 Å². The number of hydrogen-bond acceptors (Lipinski definition) is 4. The van der Waals surface area contributed by atoms with Gasteiger partial charge in [0.1, 0.15) is 6.07 Å². The number of hydrogen-bond donors (Lipinski definition) is 2. The van der Waals surface area contributed by atoms with Crippen molar-refractivity contribution in [2.24, 2.45) is 5.73 Å². The van der Waals surface area contributed by atoms with E-state index in [1.807, 2.05) is 36.4 Å². The Labute approximate surface area is 87.9 Å². The Kier molecular flexibility index (Phi) is 2.07. The minimum Gasteiger partial charge on any atom is -0.395 e. The number of benzene rings is 1. The molecule has 0 radical (unpaired) electrons. The second kappa shape index (κ2) is 3.39. The van der Waals surface area contributed by atoms with Gasteiger partial charge >= 0.3 is 0 Å². The Morgan fingerprint density at radius 3 is 2.53 bits per heavy atom. The summed E-state index contributed by atoms with van der Waals surface area (Å²) in [6, 6.07) is 11.5. The first kappa shape index (κ1) is 9.16. The number of anilines is 1. The fourth-order valence-electron chi connectivity index (χ4n) is 1.39. The second-order valence-electron chi connectivity index (χ2n) is 3.13. The molecule has 4 heteroatoms. The first-order valence-corrected chi connectivity index (χ1v) is 4.45. The molecule has 0 amide bonds. The van der Waals surface area contributed by atoms with Crippen LogP contribution in [0.1, 0.15) is 0 Å². The van der Waals surface area contributed by atoms with E-state index in [1.54, 1.807) is 5.01 Å². The van der Waals surface area contributed by atoms with Gasteiger partial charge in [-0.05, 0) is 12.1 Å². The van der Waals surface area contributed by atoms with Crippen LogP contribution in [0.2, 0.25) is 0 Å². The van der Waals surface area contributed by atoms with Crippen LogP contribution in [0.5, 0.6) is 0 Å². The SMILES string of the molecule is C=C1C(N)=C(C#N)NN1c1ccccc1. The van der Waals surface area contributed by atoms with Crippen LogP contribution >= 0.6 is 0 Å². The molecule has 0 saturated heterocycles. The molecule has 74 valence electrons. The van der Waals surface area contributed by atoms with Gasteiger partial charge in [-0.3, -0.25) is 10.4 Å². The Bertz CT molecular complexity index is 467. The van der Waals surface area contributed by atoms with Gasteiger partial charge in [0.15, 0.2) is 5.70 Å². The Morgan fingerprint density at radius 2 is 2.00 bits per heavy atom. The second-order valence-corrected chi connectivity index (χ2v) is 3.13. The summed E-state index contributed by atoms with van der Waals surface area (Å²) < 4.78 is 0. The molecule has 0 unspecified atom stereocenters. The number of nitrogens with two attached hydrogens (primary N) is 1. The highest BCUT2D eigenvalue weighted by Gasteiger charge is 2.23. The number of nitrogens with one attached hydrogen (secondary N) is 1. The molecule has 0 atom stereocenters. The van der Waals surface area contributed by atoms with Gasteiger partial charge in [0.25, 0.3) is 0 Å². The quantitative estimate of drug-likeness (QED) is 0.712. The van der Waals surface area contributed by atoms with Gasteiger partial charge in [0.2, 0.25) is 0 Å². The van der Waals surface area contributed by atoms with Gasteiger partial charge in [-0.2, -0.15) is 5.26 Å². The molecule has 1 aromatic rings. The highest BCUT2D eigenvalue weighted by molar-refractivity contribution is 5.60. The van der Waals surface area contributed by atoms with E-state index < -0.39 is 0 Å². The van der Waals surface area contributed by atoms with Crippen molar-refractivity contribution < 1.29 is 0 Å². The van der Waals surface area contributed by atoms with Crippen LogP contribution in [0.25, 0.3) is 0 Å². The lowest BCUT2D eigenvalue weighted by atomic mass is 10.3.